The van der Waals surface area contributed by atoms with Crippen molar-refractivity contribution in [3.8, 4) is 0 Å². The molecule has 0 bridgehead atoms. The molecule has 1 aliphatic carbocycles. The molecule has 6 heteroatoms. The van der Waals surface area contributed by atoms with Gasteiger partial charge in [-0.2, -0.15) is 0 Å². The van der Waals surface area contributed by atoms with Crippen LogP contribution in [0.5, 0.6) is 0 Å². The van der Waals surface area contributed by atoms with Gasteiger partial charge in [0.2, 0.25) is 5.09 Å². The van der Waals surface area contributed by atoms with Gasteiger partial charge in [0.1, 0.15) is 0 Å². The molecular weight excluding hydrogens is 266 g/mol. The number of aldehydes is 1. The fraction of sp³-hybridized carbons (Fsp3) is 0.615. The number of carbonyl (C=O) groups is 1. The van der Waals surface area contributed by atoms with Gasteiger partial charge in [0.05, 0.1) is 0 Å². The molecule has 1 heterocycles. The molecule has 0 saturated heterocycles. The Morgan fingerprint density at radius 2 is 2.05 bits per heavy atom. The van der Waals surface area contributed by atoms with Crippen molar-refractivity contribution in [2.45, 2.75) is 43.6 Å². The van der Waals surface area contributed by atoms with Crippen LogP contribution in [0.3, 0.4) is 0 Å². The first-order valence-electron chi connectivity index (χ1n) is 6.66. The van der Waals surface area contributed by atoms with Gasteiger partial charge in [-0.15, -0.1) is 0 Å². The van der Waals surface area contributed by atoms with Crippen molar-refractivity contribution < 1.29 is 17.6 Å². The molecule has 0 radical (unpaired) electrons. The number of hydrogen-bond acceptors (Lipinski definition) is 4. The minimum atomic E-state index is -3.62. The number of nitrogens with one attached hydrogen (secondary N) is 1. The third-order valence-electron chi connectivity index (χ3n) is 3.54. The second kappa shape index (κ2) is 6.34. The number of sulfonamides is 1. The van der Waals surface area contributed by atoms with Gasteiger partial charge in [0.25, 0.3) is 10.0 Å². The number of furan rings is 1. The molecule has 5 nitrogen and oxygen atoms in total. The Kier molecular flexibility index (Phi) is 4.76. The Labute approximate surface area is 113 Å². The summed E-state index contributed by atoms with van der Waals surface area (Å²) in [5.74, 6) is 0.779. The number of rotatable bonds is 7. The summed E-state index contributed by atoms with van der Waals surface area (Å²) in [6.07, 6.45) is 7.54. The molecule has 0 atom stereocenters. The van der Waals surface area contributed by atoms with Crippen molar-refractivity contribution in [2.24, 2.45) is 5.92 Å². The van der Waals surface area contributed by atoms with E-state index in [1.54, 1.807) is 0 Å². The first-order chi connectivity index (χ1) is 9.12. The number of hydrogen-bond donors (Lipinski definition) is 1. The molecule has 1 aromatic heterocycles. The van der Waals surface area contributed by atoms with Crippen LogP contribution < -0.4 is 4.72 Å². The van der Waals surface area contributed by atoms with Crippen LogP contribution >= 0.6 is 0 Å². The minimum absolute atomic E-state index is 0.0198. The molecule has 106 valence electrons. The van der Waals surface area contributed by atoms with Crippen molar-refractivity contribution in [1.82, 2.24) is 4.72 Å². The molecule has 19 heavy (non-hydrogen) atoms. The minimum Gasteiger partial charge on any atom is -0.440 e. The van der Waals surface area contributed by atoms with E-state index in [-0.39, 0.29) is 10.9 Å². The first kappa shape index (κ1) is 14.3. The highest BCUT2D eigenvalue weighted by molar-refractivity contribution is 7.89. The average Bonchev–Trinajstić information content (AvgIpc) is 3.05. The molecule has 0 amide bonds. The second-order valence-corrected chi connectivity index (χ2v) is 6.66. The molecule has 1 saturated carbocycles. The first-order valence-corrected chi connectivity index (χ1v) is 8.15. The van der Waals surface area contributed by atoms with E-state index in [4.69, 9.17) is 4.42 Å². The predicted molar refractivity (Wildman–Crippen MR) is 70.5 cm³/mol. The van der Waals surface area contributed by atoms with Gasteiger partial charge >= 0.3 is 0 Å². The Morgan fingerprint density at radius 3 is 2.68 bits per heavy atom. The van der Waals surface area contributed by atoms with E-state index in [9.17, 15) is 13.2 Å². The zero-order valence-corrected chi connectivity index (χ0v) is 11.6. The summed E-state index contributed by atoms with van der Waals surface area (Å²) in [5.41, 5.74) is 0. The lowest BCUT2D eigenvalue weighted by Gasteiger charge is -2.08. The maximum absolute atomic E-state index is 11.8. The van der Waals surface area contributed by atoms with E-state index < -0.39 is 10.0 Å². The van der Waals surface area contributed by atoms with Crippen LogP contribution in [-0.2, 0) is 10.0 Å². The molecule has 1 N–H and O–H groups in total. The van der Waals surface area contributed by atoms with Gasteiger partial charge in [0.15, 0.2) is 12.0 Å². The summed E-state index contributed by atoms with van der Waals surface area (Å²) in [7, 11) is -3.62. The summed E-state index contributed by atoms with van der Waals surface area (Å²) in [6.45, 7) is 0.413. The molecular formula is C13H19NO4S. The summed E-state index contributed by atoms with van der Waals surface area (Å²) < 4.78 is 31.1. The zero-order chi connectivity index (χ0) is 13.7. The molecule has 2 rings (SSSR count). The van der Waals surface area contributed by atoms with E-state index in [1.165, 1.54) is 37.8 Å². The zero-order valence-electron chi connectivity index (χ0n) is 10.8. The van der Waals surface area contributed by atoms with E-state index in [2.05, 4.69) is 4.72 Å². The van der Waals surface area contributed by atoms with Crippen LogP contribution in [0, 0.1) is 5.92 Å². The predicted octanol–water partition coefficient (Wildman–Crippen LogP) is 2.34. The van der Waals surface area contributed by atoms with Gasteiger partial charge in [-0.1, -0.05) is 25.7 Å². The maximum Gasteiger partial charge on any atom is 0.273 e. The molecule has 0 unspecified atom stereocenters. The Bertz CT molecular complexity index is 515. The SMILES string of the molecule is O=Cc1ccc(S(=O)(=O)NCCCC2CCCC2)o1. The van der Waals surface area contributed by atoms with Crippen LogP contribution in [0.25, 0.3) is 0 Å². The Balaban J connectivity index is 1.78. The molecule has 0 aliphatic heterocycles. The third-order valence-corrected chi connectivity index (χ3v) is 4.87. The molecule has 0 spiro atoms. The van der Waals surface area contributed by atoms with Crippen molar-refractivity contribution in [1.29, 1.82) is 0 Å². The van der Waals surface area contributed by atoms with Crippen LogP contribution in [-0.4, -0.2) is 21.2 Å². The lowest BCUT2D eigenvalue weighted by atomic mass is 10.0. The Morgan fingerprint density at radius 1 is 1.32 bits per heavy atom. The van der Waals surface area contributed by atoms with Gasteiger partial charge in [0, 0.05) is 6.54 Å². The highest BCUT2D eigenvalue weighted by Crippen LogP contribution is 2.28. The molecule has 0 aromatic carbocycles. The quantitative estimate of drug-likeness (QED) is 0.616. The monoisotopic (exact) mass is 285 g/mol. The lowest BCUT2D eigenvalue weighted by Crippen LogP contribution is -2.24. The fourth-order valence-corrected chi connectivity index (χ4v) is 3.52. The summed E-state index contributed by atoms with van der Waals surface area (Å²) in [5, 5.41) is -0.199. The topological polar surface area (TPSA) is 76.4 Å². The normalized spacial score (nSPS) is 16.8. The average molecular weight is 285 g/mol. The van der Waals surface area contributed by atoms with Crippen LogP contribution in [0.4, 0.5) is 0 Å². The van der Waals surface area contributed by atoms with Gasteiger partial charge < -0.3 is 4.42 Å². The molecule has 1 aliphatic rings. The van der Waals surface area contributed by atoms with Crippen molar-refractivity contribution in [3.05, 3.63) is 17.9 Å². The number of carbonyl (C=O) groups excluding carboxylic acids is 1. The molecule has 1 fully saturated rings. The second-order valence-electron chi connectivity index (χ2n) is 4.97. The van der Waals surface area contributed by atoms with E-state index in [1.807, 2.05) is 0 Å². The van der Waals surface area contributed by atoms with Crippen LogP contribution in [0.2, 0.25) is 0 Å². The third kappa shape index (κ3) is 3.91. The highest BCUT2D eigenvalue weighted by Gasteiger charge is 2.19. The van der Waals surface area contributed by atoms with E-state index in [0.717, 1.165) is 18.8 Å². The lowest BCUT2D eigenvalue weighted by molar-refractivity contribution is 0.109. The Hall–Kier alpha value is -1.14. The van der Waals surface area contributed by atoms with Crippen molar-refractivity contribution in [3.63, 3.8) is 0 Å². The largest absolute Gasteiger partial charge is 0.440 e. The smallest absolute Gasteiger partial charge is 0.273 e. The van der Waals surface area contributed by atoms with Crippen molar-refractivity contribution >= 4 is 16.3 Å². The summed E-state index contributed by atoms with van der Waals surface area (Å²) >= 11 is 0. The highest BCUT2D eigenvalue weighted by atomic mass is 32.2. The van der Waals surface area contributed by atoms with E-state index >= 15 is 0 Å². The van der Waals surface area contributed by atoms with Crippen molar-refractivity contribution in [2.75, 3.05) is 6.54 Å². The summed E-state index contributed by atoms with van der Waals surface area (Å²) in [4.78, 5) is 10.4. The molecule has 1 aromatic rings. The van der Waals surface area contributed by atoms with Crippen LogP contribution in [0.1, 0.15) is 49.1 Å². The van der Waals surface area contributed by atoms with Gasteiger partial charge in [-0.05, 0) is 30.9 Å². The van der Waals surface area contributed by atoms with Gasteiger partial charge in [-0.3, -0.25) is 4.79 Å². The van der Waals surface area contributed by atoms with E-state index in [0.29, 0.717) is 12.8 Å². The van der Waals surface area contributed by atoms with Crippen LogP contribution in [0.15, 0.2) is 21.6 Å². The maximum atomic E-state index is 11.8. The fourth-order valence-electron chi connectivity index (χ4n) is 2.51. The van der Waals surface area contributed by atoms with Gasteiger partial charge in [-0.25, -0.2) is 13.1 Å². The standard InChI is InChI=1S/C13H19NO4S/c15-10-12-7-8-13(18-12)19(16,17)14-9-3-6-11-4-1-2-5-11/h7-8,10-11,14H,1-6,9H2. The summed E-state index contributed by atoms with van der Waals surface area (Å²) in [6, 6.07) is 2.64.